The van der Waals surface area contributed by atoms with Gasteiger partial charge in [0.2, 0.25) is 5.91 Å². The van der Waals surface area contributed by atoms with Crippen LogP contribution in [0.4, 0.5) is 0 Å². The van der Waals surface area contributed by atoms with E-state index in [1.165, 1.54) is 5.56 Å². The Morgan fingerprint density at radius 2 is 1.76 bits per heavy atom. The summed E-state index contributed by atoms with van der Waals surface area (Å²) in [4.78, 5) is 23.3. The summed E-state index contributed by atoms with van der Waals surface area (Å²) in [5.74, 6) is -1.37. The minimum Gasteiger partial charge on any atom is -0.481 e. The summed E-state index contributed by atoms with van der Waals surface area (Å²) in [7, 11) is 0. The molecule has 1 amide bonds. The van der Waals surface area contributed by atoms with Crippen LogP contribution in [-0.2, 0) is 9.59 Å². The first-order chi connectivity index (χ1) is 9.91. The molecule has 0 spiro atoms. The number of amides is 1. The van der Waals surface area contributed by atoms with Gasteiger partial charge in [-0.1, -0.05) is 44.2 Å². The monoisotopic (exact) mass is 287 g/mol. The van der Waals surface area contributed by atoms with E-state index in [1.54, 1.807) is 0 Å². The molecule has 0 aliphatic heterocycles. The number of aliphatic carboxylic acids is 1. The summed E-state index contributed by atoms with van der Waals surface area (Å²) in [5.41, 5.74) is 0.900. The van der Waals surface area contributed by atoms with E-state index in [1.807, 2.05) is 32.0 Å². The predicted molar refractivity (Wildman–Crippen MR) is 78.7 cm³/mol. The van der Waals surface area contributed by atoms with Crippen LogP contribution in [0.15, 0.2) is 30.3 Å². The van der Waals surface area contributed by atoms with Gasteiger partial charge in [0.15, 0.2) is 0 Å². The van der Waals surface area contributed by atoms with Crippen molar-refractivity contribution in [3.8, 4) is 0 Å². The molecule has 0 aromatic heterocycles. The Morgan fingerprint density at radius 3 is 2.29 bits per heavy atom. The van der Waals surface area contributed by atoms with Gasteiger partial charge >= 0.3 is 5.97 Å². The molecule has 2 N–H and O–H groups in total. The van der Waals surface area contributed by atoms with Crippen molar-refractivity contribution in [1.82, 2.24) is 5.32 Å². The van der Waals surface area contributed by atoms with Crippen molar-refractivity contribution < 1.29 is 14.7 Å². The molecule has 112 valence electrons. The zero-order chi connectivity index (χ0) is 15.2. The van der Waals surface area contributed by atoms with Crippen LogP contribution in [0, 0.1) is 17.3 Å². The summed E-state index contributed by atoms with van der Waals surface area (Å²) in [6.07, 6.45) is 1.89. The molecule has 4 nitrogen and oxygen atoms in total. The zero-order valence-corrected chi connectivity index (χ0v) is 12.4. The lowest BCUT2D eigenvalue weighted by atomic mass is 9.76. The van der Waals surface area contributed by atoms with Crippen LogP contribution in [-0.4, -0.2) is 23.0 Å². The Kier molecular flexibility index (Phi) is 3.27. The molecule has 2 fully saturated rings. The normalized spacial score (nSPS) is 32.9. The highest BCUT2D eigenvalue weighted by atomic mass is 16.4. The average molecular weight is 287 g/mol. The highest BCUT2D eigenvalue weighted by Crippen LogP contribution is 2.58. The summed E-state index contributed by atoms with van der Waals surface area (Å²) in [5, 5.41) is 12.1. The molecule has 21 heavy (non-hydrogen) atoms. The van der Waals surface area contributed by atoms with E-state index in [-0.39, 0.29) is 17.9 Å². The lowest BCUT2D eigenvalue weighted by Gasteiger charge is -2.36. The highest BCUT2D eigenvalue weighted by Gasteiger charge is 2.66. The van der Waals surface area contributed by atoms with Crippen LogP contribution in [0.3, 0.4) is 0 Å². The zero-order valence-electron chi connectivity index (χ0n) is 12.4. The number of carbonyl (C=O) groups excluding carboxylic acids is 1. The van der Waals surface area contributed by atoms with Crippen LogP contribution < -0.4 is 5.32 Å². The molecule has 2 aliphatic rings. The third-order valence-electron chi connectivity index (χ3n) is 5.13. The molecule has 0 heterocycles. The van der Waals surface area contributed by atoms with Gasteiger partial charge in [-0.2, -0.15) is 0 Å². The second-order valence-electron chi connectivity index (χ2n) is 6.90. The van der Waals surface area contributed by atoms with Crippen molar-refractivity contribution in [3.05, 3.63) is 35.9 Å². The lowest BCUT2D eigenvalue weighted by Crippen LogP contribution is -2.44. The van der Waals surface area contributed by atoms with Crippen molar-refractivity contribution in [2.24, 2.45) is 17.3 Å². The Balaban J connectivity index is 1.52. The number of hydrogen-bond acceptors (Lipinski definition) is 2. The second kappa shape index (κ2) is 4.86. The second-order valence-corrected chi connectivity index (χ2v) is 6.90. The van der Waals surface area contributed by atoms with E-state index in [0.29, 0.717) is 5.92 Å². The van der Waals surface area contributed by atoms with E-state index in [2.05, 4.69) is 17.4 Å². The van der Waals surface area contributed by atoms with E-state index in [9.17, 15) is 9.59 Å². The van der Waals surface area contributed by atoms with Gasteiger partial charge < -0.3 is 10.4 Å². The number of carbonyl (C=O) groups is 2. The lowest BCUT2D eigenvalue weighted by molar-refractivity contribution is -0.140. The maximum atomic E-state index is 12.2. The smallest absolute Gasteiger partial charge is 0.307 e. The van der Waals surface area contributed by atoms with Gasteiger partial charge in [-0.15, -0.1) is 0 Å². The number of hydrogen-bond donors (Lipinski definition) is 2. The van der Waals surface area contributed by atoms with Crippen molar-refractivity contribution in [1.29, 1.82) is 0 Å². The molecule has 0 radical (unpaired) electrons. The third kappa shape index (κ3) is 2.43. The van der Waals surface area contributed by atoms with Gasteiger partial charge in [0.25, 0.3) is 0 Å². The van der Waals surface area contributed by atoms with Crippen molar-refractivity contribution in [2.45, 2.75) is 38.6 Å². The van der Waals surface area contributed by atoms with Gasteiger partial charge in [-0.25, -0.2) is 0 Å². The van der Waals surface area contributed by atoms with Crippen molar-refractivity contribution in [2.75, 3.05) is 0 Å². The molecule has 4 heteroatoms. The number of rotatable bonds is 4. The summed E-state index contributed by atoms with van der Waals surface area (Å²) >= 11 is 0. The molecule has 0 unspecified atom stereocenters. The van der Waals surface area contributed by atoms with E-state index in [0.717, 1.165) is 12.8 Å². The fourth-order valence-corrected chi connectivity index (χ4v) is 3.61. The molecule has 2 aliphatic carbocycles. The average Bonchev–Trinajstić information content (AvgIpc) is 2.97. The first-order valence-electron chi connectivity index (χ1n) is 7.49. The molecule has 1 aromatic rings. The maximum absolute atomic E-state index is 12.2. The van der Waals surface area contributed by atoms with Crippen LogP contribution in [0.5, 0.6) is 0 Å². The highest BCUT2D eigenvalue weighted by molar-refractivity contribution is 5.91. The molecule has 1 aromatic carbocycles. The predicted octanol–water partition coefficient (Wildman–Crippen LogP) is 2.41. The summed E-state index contributed by atoms with van der Waals surface area (Å²) in [6.45, 7) is 3.70. The molecule has 0 saturated heterocycles. The number of benzene rings is 1. The molecule has 3 rings (SSSR count). The van der Waals surface area contributed by atoms with Gasteiger partial charge in [0.1, 0.15) is 0 Å². The minimum atomic E-state index is -0.865. The Morgan fingerprint density at radius 1 is 1.14 bits per heavy atom. The standard InChI is InChI=1S/C17H21NO3/c1-17(2)13(14(17)16(20)21)15(19)18-12-8-11(9-12)10-6-4-3-5-7-10/h3-7,11-14H,8-9H2,1-2H3,(H,18,19)(H,20,21)/t11?,12?,13-,14+/m1/s1. The van der Waals surface area contributed by atoms with Crippen LogP contribution in [0.1, 0.15) is 38.2 Å². The largest absolute Gasteiger partial charge is 0.481 e. The fraction of sp³-hybridized carbons (Fsp3) is 0.529. The van der Waals surface area contributed by atoms with E-state index >= 15 is 0 Å². The summed E-state index contributed by atoms with van der Waals surface area (Å²) in [6, 6.07) is 10.5. The Labute approximate surface area is 124 Å². The van der Waals surface area contributed by atoms with Crippen LogP contribution in [0.2, 0.25) is 0 Å². The fourth-order valence-electron chi connectivity index (χ4n) is 3.61. The van der Waals surface area contributed by atoms with Gasteiger partial charge in [-0.3, -0.25) is 9.59 Å². The van der Waals surface area contributed by atoms with Gasteiger partial charge in [0.05, 0.1) is 11.8 Å². The Bertz CT molecular complexity index is 561. The SMILES string of the molecule is CC1(C)[C@H](C(=O)O)[C@@H]1C(=O)NC1CC(c2ccccc2)C1. The first kappa shape index (κ1) is 14.1. The maximum Gasteiger partial charge on any atom is 0.307 e. The molecule has 2 saturated carbocycles. The number of carboxylic acid groups (broad SMARTS) is 1. The number of carboxylic acids is 1. The van der Waals surface area contributed by atoms with E-state index < -0.39 is 17.3 Å². The topological polar surface area (TPSA) is 66.4 Å². The van der Waals surface area contributed by atoms with Gasteiger partial charge in [-0.05, 0) is 29.7 Å². The van der Waals surface area contributed by atoms with Crippen molar-refractivity contribution in [3.63, 3.8) is 0 Å². The molecular weight excluding hydrogens is 266 g/mol. The summed E-state index contributed by atoms with van der Waals surface area (Å²) < 4.78 is 0. The van der Waals surface area contributed by atoms with Gasteiger partial charge in [0, 0.05) is 6.04 Å². The molecule has 2 atom stereocenters. The Hall–Kier alpha value is -1.84. The number of nitrogens with one attached hydrogen (secondary N) is 1. The van der Waals surface area contributed by atoms with Crippen molar-refractivity contribution >= 4 is 11.9 Å². The first-order valence-corrected chi connectivity index (χ1v) is 7.49. The van der Waals surface area contributed by atoms with Crippen LogP contribution >= 0.6 is 0 Å². The molecule has 0 bridgehead atoms. The van der Waals surface area contributed by atoms with Crippen LogP contribution in [0.25, 0.3) is 0 Å². The van der Waals surface area contributed by atoms with E-state index in [4.69, 9.17) is 5.11 Å². The quantitative estimate of drug-likeness (QED) is 0.893. The third-order valence-corrected chi connectivity index (χ3v) is 5.13. The molecular formula is C17H21NO3. The minimum absolute atomic E-state index is 0.0936.